The Morgan fingerprint density at radius 1 is 1.07 bits per heavy atom. The van der Waals surface area contributed by atoms with Gasteiger partial charge in [-0.15, -0.1) is 0 Å². The lowest BCUT2D eigenvalue weighted by atomic mass is 10.1. The van der Waals surface area contributed by atoms with Gasteiger partial charge < -0.3 is 23.7 Å². The van der Waals surface area contributed by atoms with E-state index in [2.05, 4.69) is 39.6 Å². The molecule has 7 nitrogen and oxygen atoms in total. The predicted octanol–water partition coefficient (Wildman–Crippen LogP) is 2.93. The number of rotatable bonds is 8. The fourth-order valence-electron chi connectivity index (χ4n) is 3.96. The van der Waals surface area contributed by atoms with Gasteiger partial charge in [0.05, 0.1) is 38.5 Å². The van der Waals surface area contributed by atoms with Crippen LogP contribution >= 0.6 is 0 Å². The van der Waals surface area contributed by atoms with Gasteiger partial charge in [0, 0.05) is 45.3 Å². The van der Waals surface area contributed by atoms with Gasteiger partial charge in [-0.05, 0) is 30.3 Å². The third-order valence-electron chi connectivity index (χ3n) is 5.69. The molecule has 0 bridgehead atoms. The third kappa shape index (κ3) is 4.37. The van der Waals surface area contributed by atoms with Crippen LogP contribution in [0.4, 0.5) is 5.95 Å². The number of fused-ring (bicyclic) bond motifs is 1. The highest BCUT2D eigenvalue weighted by Crippen LogP contribution is 2.28. The van der Waals surface area contributed by atoms with E-state index in [1.165, 1.54) is 0 Å². The molecule has 160 valence electrons. The molecule has 1 aromatic heterocycles. The second kappa shape index (κ2) is 9.36. The molecule has 1 aliphatic heterocycles. The van der Waals surface area contributed by atoms with Gasteiger partial charge in [-0.1, -0.05) is 12.1 Å². The van der Waals surface area contributed by atoms with Crippen LogP contribution in [0.15, 0.2) is 42.5 Å². The van der Waals surface area contributed by atoms with Gasteiger partial charge in [0.15, 0.2) is 0 Å². The smallest absolute Gasteiger partial charge is 0.206 e. The fourth-order valence-corrected chi connectivity index (χ4v) is 3.96. The van der Waals surface area contributed by atoms with Crippen LogP contribution in [0.5, 0.6) is 11.5 Å². The molecule has 0 unspecified atom stereocenters. The number of imidazole rings is 1. The number of benzene rings is 2. The van der Waals surface area contributed by atoms with E-state index in [4.69, 9.17) is 19.2 Å². The van der Waals surface area contributed by atoms with Gasteiger partial charge in [0.1, 0.15) is 11.5 Å². The van der Waals surface area contributed by atoms with Crippen LogP contribution < -0.4 is 14.4 Å². The second-order valence-electron chi connectivity index (χ2n) is 7.51. The summed E-state index contributed by atoms with van der Waals surface area (Å²) in [5, 5.41) is 0. The van der Waals surface area contributed by atoms with Crippen molar-refractivity contribution in [2.75, 3.05) is 58.5 Å². The van der Waals surface area contributed by atoms with Crippen molar-refractivity contribution in [3.05, 3.63) is 48.0 Å². The summed E-state index contributed by atoms with van der Waals surface area (Å²) in [5.74, 6) is 2.63. The maximum absolute atomic E-state index is 5.63. The number of nitrogens with zero attached hydrogens (tertiary/aromatic N) is 4. The Kier molecular flexibility index (Phi) is 6.40. The molecule has 0 spiro atoms. The highest BCUT2D eigenvalue weighted by molar-refractivity contribution is 5.78. The molecule has 2 aromatic carbocycles. The molecule has 0 aliphatic carbocycles. The summed E-state index contributed by atoms with van der Waals surface area (Å²) in [5.41, 5.74) is 3.20. The first kappa shape index (κ1) is 20.5. The molecule has 2 heterocycles. The molecule has 1 aliphatic rings. The first-order valence-electron chi connectivity index (χ1n) is 10.4. The van der Waals surface area contributed by atoms with Crippen LogP contribution in [-0.2, 0) is 18.3 Å². The molecule has 0 radical (unpaired) electrons. The number of morpholine rings is 1. The highest BCUT2D eigenvalue weighted by atomic mass is 16.5. The topological polar surface area (TPSA) is 52.0 Å². The first-order valence-corrected chi connectivity index (χ1v) is 10.4. The lowest BCUT2D eigenvalue weighted by Gasteiger charge is -2.31. The van der Waals surface area contributed by atoms with Crippen LogP contribution in [0.1, 0.15) is 5.56 Å². The third-order valence-corrected chi connectivity index (χ3v) is 5.69. The van der Waals surface area contributed by atoms with E-state index in [9.17, 15) is 0 Å². The van der Waals surface area contributed by atoms with Gasteiger partial charge in [-0.25, -0.2) is 4.98 Å². The van der Waals surface area contributed by atoms with Crippen molar-refractivity contribution in [3.8, 4) is 11.5 Å². The van der Waals surface area contributed by atoms with E-state index in [0.717, 1.165) is 73.4 Å². The Morgan fingerprint density at radius 2 is 1.87 bits per heavy atom. The molecule has 0 N–H and O–H groups in total. The minimum atomic E-state index is 0.682. The number of hydrogen-bond acceptors (Lipinski definition) is 6. The lowest BCUT2D eigenvalue weighted by Crippen LogP contribution is -2.41. The molecule has 4 rings (SSSR count). The summed E-state index contributed by atoms with van der Waals surface area (Å²) >= 11 is 0. The summed E-state index contributed by atoms with van der Waals surface area (Å²) in [4.78, 5) is 9.72. The molecule has 0 atom stereocenters. The Balaban J connectivity index is 1.65. The molecular formula is C23H30N4O3. The maximum Gasteiger partial charge on any atom is 0.206 e. The molecule has 0 amide bonds. The summed E-state index contributed by atoms with van der Waals surface area (Å²) < 4.78 is 18.7. The summed E-state index contributed by atoms with van der Waals surface area (Å²) in [7, 11) is 5.47. The maximum atomic E-state index is 5.63. The Labute approximate surface area is 177 Å². The molecule has 30 heavy (non-hydrogen) atoms. The largest absolute Gasteiger partial charge is 0.497 e. The van der Waals surface area contributed by atoms with Crippen LogP contribution in [0, 0.1) is 0 Å². The van der Waals surface area contributed by atoms with E-state index >= 15 is 0 Å². The standard InChI is InChI=1S/C23H30N4O3/c1-25-21-7-5-4-6-20(21)24-23(25)27(11-10-26-12-14-30-15-13-26)17-18-16-19(28-2)8-9-22(18)29-3/h4-9,16H,10-15,17H2,1-3H3. The number of ether oxygens (including phenoxy) is 3. The molecular weight excluding hydrogens is 380 g/mol. The van der Waals surface area contributed by atoms with Crippen LogP contribution in [0.2, 0.25) is 0 Å². The number of para-hydroxylation sites is 2. The van der Waals surface area contributed by atoms with E-state index in [0.29, 0.717) is 6.54 Å². The van der Waals surface area contributed by atoms with E-state index in [1.54, 1.807) is 14.2 Å². The van der Waals surface area contributed by atoms with Crippen molar-refractivity contribution in [1.29, 1.82) is 0 Å². The van der Waals surface area contributed by atoms with Gasteiger partial charge in [0.2, 0.25) is 5.95 Å². The van der Waals surface area contributed by atoms with E-state index in [-0.39, 0.29) is 0 Å². The zero-order valence-corrected chi connectivity index (χ0v) is 18.0. The summed E-state index contributed by atoms with van der Waals surface area (Å²) in [6.45, 7) is 6.04. The van der Waals surface area contributed by atoms with Gasteiger partial charge >= 0.3 is 0 Å². The van der Waals surface area contributed by atoms with E-state index in [1.807, 2.05) is 24.3 Å². The second-order valence-corrected chi connectivity index (χ2v) is 7.51. The Bertz CT molecular complexity index is 982. The normalized spacial score (nSPS) is 14.8. The highest BCUT2D eigenvalue weighted by Gasteiger charge is 2.19. The van der Waals surface area contributed by atoms with Crippen molar-refractivity contribution < 1.29 is 14.2 Å². The number of anilines is 1. The molecule has 1 fully saturated rings. The van der Waals surface area contributed by atoms with Crippen LogP contribution in [0.3, 0.4) is 0 Å². The zero-order chi connectivity index (χ0) is 20.9. The van der Waals surface area contributed by atoms with E-state index < -0.39 is 0 Å². The first-order chi connectivity index (χ1) is 14.7. The Morgan fingerprint density at radius 3 is 2.60 bits per heavy atom. The zero-order valence-electron chi connectivity index (χ0n) is 18.0. The number of aryl methyl sites for hydroxylation is 1. The van der Waals surface area contributed by atoms with Crippen molar-refractivity contribution in [2.45, 2.75) is 6.54 Å². The predicted molar refractivity (Wildman–Crippen MR) is 119 cm³/mol. The minimum Gasteiger partial charge on any atom is -0.497 e. The molecule has 1 saturated heterocycles. The summed E-state index contributed by atoms with van der Waals surface area (Å²) in [6, 6.07) is 14.2. The van der Waals surface area contributed by atoms with Crippen LogP contribution in [-0.4, -0.2) is 68.1 Å². The quantitative estimate of drug-likeness (QED) is 0.569. The SMILES string of the molecule is COc1ccc(OC)c(CN(CCN2CCOCC2)c2nc3ccccc3n2C)c1. The van der Waals surface area contributed by atoms with Crippen LogP contribution in [0.25, 0.3) is 11.0 Å². The monoisotopic (exact) mass is 410 g/mol. The lowest BCUT2D eigenvalue weighted by molar-refractivity contribution is 0.0391. The fraction of sp³-hybridized carbons (Fsp3) is 0.435. The molecule has 3 aromatic rings. The van der Waals surface area contributed by atoms with Crippen molar-refractivity contribution >= 4 is 17.0 Å². The number of aromatic nitrogens is 2. The van der Waals surface area contributed by atoms with Gasteiger partial charge in [-0.3, -0.25) is 4.90 Å². The summed E-state index contributed by atoms with van der Waals surface area (Å²) in [6.07, 6.45) is 0. The van der Waals surface area contributed by atoms with Gasteiger partial charge in [-0.2, -0.15) is 0 Å². The van der Waals surface area contributed by atoms with Crippen molar-refractivity contribution in [2.24, 2.45) is 7.05 Å². The Hall–Kier alpha value is -2.77. The molecule has 7 heteroatoms. The van der Waals surface area contributed by atoms with Crippen molar-refractivity contribution in [1.82, 2.24) is 14.5 Å². The molecule has 0 saturated carbocycles. The number of methoxy groups -OCH3 is 2. The average Bonchev–Trinajstić information content (AvgIpc) is 3.13. The number of hydrogen-bond donors (Lipinski definition) is 0. The average molecular weight is 411 g/mol. The minimum absolute atomic E-state index is 0.682. The van der Waals surface area contributed by atoms with Crippen molar-refractivity contribution in [3.63, 3.8) is 0 Å². The van der Waals surface area contributed by atoms with Gasteiger partial charge in [0.25, 0.3) is 0 Å².